The smallest absolute Gasteiger partial charge is 0.352 e. The van der Waals surface area contributed by atoms with E-state index in [1.165, 1.54) is 6.07 Å². The Morgan fingerprint density at radius 1 is 1.27 bits per heavy atom. The first-order chi connectivity index (χ1) is 12.0. The molecule has 144 valence electrons. The minimum Gasteiger partial charge on any atom is -0.352 e. The predicted octanol–water partition coefficient (Wildman–Crippen LogP) is 2.78. The maximum Gasteiger partial charge on any atom is 0.416 e. The lowest BCUT2D eigenvalue weighted by atomic mass is 9.95. The lowest BCUT2D eigenvalue weighted by molar-refractivity contribution is -0.137. The van der Waals surface area contributed by atoms with Crippen molar-refractivity contribution in [3.63, 3.8) is 0 Å². The summed E-state index contributed by atoms with van der Waals surface area (Å²) >= 11 is 0. The molecule has 0 heterocycles. The van der Waals surface area contributed by atoms with Crippen molar-refractivity contribution in [2.24, 2.45) is 11.8 Å². The van der Waals surface area contributed by atoms with Crippen molar-refractivity contribution in [3.8, 4) is 0 Å². The lowest BCUT2D eigenvalue weighted by Gasteiger charge is -2.26. The summed E-state index contributed by atoms with van der Waals surface area (Å²) in [4.78, 5) is 12.3. The van der Waals surface area contributed by atoms with Crippen LogP contribution in [0.3, 0.4) is 0 Å². The molecular weight excluding hydrogens is 369 g/mol. The zero-order valence-corrected chi connectivity index (χ0v) is 15.1. The Labute approximate surface area is 150 Å². The third-order valence-corrected chi connectivity index (χ3v) is 6.37. The van der Waals surface area contributed by atoms with E-state index in [0.717, 1.165) is 50.1 Å². The Morgan fingerprint density at radius 3 is 2.54 bits per heavy atom. The first-order valence-corrected chi connectivity index (χ1v) is 10.3. The Morgan fingerprint density at radius 2 is 2.00 bits per heavy atom. The van der Waals surface area contributed by atoms with Gasteiger partial charge in [0, 0.05) is 6.04 Å². The standard InChI is InChI=1S/C17H21F3N2O3S/c1-26(24,25)22(14-4-2-3-13(9-14)17(18,19)20)10-16(23)21-15-8-11-5-6-12(15)7-11/h2-4,9,11-12,15H,5-8,10H2,1H3,(H,21,23)/t11-,12+,15+/m0/s1. The number of alkyl halides is 3. The van der Waals surface area contributed by atoms with E-state index in [-0.39, 0.29) is 11.7 Å². The molecular formula is C17H21F3N2O3S. The van der Waals surface area contributed by atoms with Gasteiger partial charge in [-0.15, -0.1) is 0 Å². The molecule has 2 bridgehead atoms. The highest BCUT2D eigenvalue weighted by molar-refractivity contribution is 7.92. The molecule has 2 saturated carbocycles. The van der Waals surface area contributed by atoms with Crippen LogP contribution < -0.4 is 9.62 Å². The normalized spacial score (nSPS) is 25.3. The molecule has 0 radical (unpaired) electrons. The summed E-state index contributed by atoms with van der Waals surface area (Å²) in [7, 11) is -3.91. The van der Waals surface area contributed by atoms with E-state index in [4.69, 9.17) is 0 Å². The molecule has 0 aromatic heterocycles. The second kappa shape index (κ2) is 6.75. The number of benzene rings is 1. The van der Waals surface area contributed by atoms with E-state index in [1.807, 2.05) is 0 Å². The molecule has 26 heavy (non-hydrogen) atoms. The van der Waals surface area contributed by atoms with Crippen molar-refractivity contribution >= 4 is 21.6 Å². The van der Waals surface area contributed by atoms with Gasteiger partial charge in [0.15, 0.2) is 0 Å². The van der Waals surface area contributed by atoms with Crippen LogP contribution in [-0.2, 0) is 21.0 Å². The molecule has 5 nitrogen and oxygen atoms in total. The number of anilines is 1. The van der Waals surface area contributed by atoms with E-state index in [2.05, 4.69) is 5.32 Å². The van der Waals surface area contributed by atoms with Crippen LogP contribution in [0.1, 0.15) is 31.2 Å². The average Bonchev–Trinajstić information content (AvgIpc) is 3.13. The summed E-state index contributed by atoms with van der Waals surface area (Å²) in [5, 5.41) is 2.86. The summed E-state index contributed by atoms with van der Waals surface area (Å²) in [6, 6.07) is 4.01. The Hall–Kier alpha value is -1.77. The van der Waals surface area contributed by atoms with E-state index in [9.17, 15) is 26.4 Å². The van der Waals surface area contributed by atoms with Crippen molar-refractivity contribution in [1.82, 2.24) is 5.32 Å². The van der Waals surface area contributed by atoms with Crippen LogP contribution in [0.25, 0.3) is 0 Å². The fourth-order valence-corrected chi connectivity index (χ4v) is 4.89. The molecule has 1 N–H and O–H groups in total. The van der Waals surface area contributed by atoms with Gasteiger partial charge in [-0.3, -0.25) is 9.10 Å². The summed E-state index contributed by atoms with van der Waals surface area (Å²) in [5.74, 6) is 0.536. The number of nitrogens with zero attached hydrogens (tertiary/aromatic N) is 1. The van der Waals surface area contributed by atoms with Gasteiger partial charge in [-0.05, 0) is 49.3 Å². The molecule has 1 amide bonds. The minimum atomic E-state index is -4.59. The van der Waals surface area contributed by atoms with Gasteiger partial charge >= 0.3 is 6.18 Å². The monoisotopic (exact) mass is 390 g/mol. The lowest BCUT2D eigenvalue weighted by Crippen LogP contribution is -2.45. The van der Waals surface area contributed by atoms with E-state index >= 15 is 0 Å². The van der Waals surface area contributed by atoms with E-state index in [0.29, 0.717) is 16.1 Å². The van der Waals surface area contributed by atoms with Crippen molar-refractivity contribution < 1.29 is 26.4 Å². The first-order valence-electron chi connectivity index (χ1n) is 8.48. The summed E-state index contributed by atoms with van der Waals surface area (Å²) < 4.78 is 63.5. The zero-order chi connectivity index (χ0) is 19.1. The molecule has 2 aliphatic carbocycles. The minimum absolute atomic E-state index is 0.0316. The molecule has 9 heteroatoms. The van der Waals surface area contributed by atoms with Crippen molar-refractivity contribution in [2.45, 2.75) is 37.9 Å². The number of rotatable bonds is 5. The van der Waals surface area contributed by atoms with Crippen molar-refractivity contribution in [2.75, 3.05) is 17.1 Å². The topological polar surface area (TPSA) is 66.5 Å². The quantitative estimate of drug-likeness (QED) is 0.841. The van der Waals surface area contributed by atoms with Crippen LogP contribution in [-0.4, -0.2) is 33.2 Å². The molecule has 1 aromatic rings. The van der Waals surface area contributed by atoms with Crippen molar-refractivity contribution in [3.05, 3.63) is 29.8 Å². The van der Waals surface area contributed by atoms with Gasteiger partial charge in [0.1, 0.15) is 6.54 Å². The molecule has 2 fully saturated rings. The van der Waals surface area contributed by atoms with Crippen molar-refractivity contribution in [1.29, 1.82) is 0 Å². The highest BCUT2D eigenvalue weighted by atomic mass is 32.2. The second-order valence-corrected chi connectivity index (χ2v) is 9.07. The molecule has 3 rings (SSSR count). The maximum atomic E-state index is 12.9. The van der Waals surface area contributed by atoms with Gasteiger partial charge in [-0.25, -0.2) is 8.42 Å². The first kappa shape index (κ1) is 19.0. The van der Waals surface area contributed by atoms with Crippen LogP contribution >= 0.6 is 0 Å². The summed E-state index contributed by atoms with van der Waals surface area (Å²) in [6.07, 6.45) is 0.464. The van der Waals surface area contributed by atoms with Crippen LogP contribution in [0.4, 0.5) is 18.9 Å². The molecule has 2 aliphatic rings. The maximum absolute atomic E-state index is 12.9. The molecule has 0 aliphatic heterocycles. The molecule has 0 saturated heterocycles. The van der Waals surface area contributed by atoms with Gasteiger partial charge in [0.05, 0.1) is 17.5 Å². The Balaban J connectivity index is 1.76. The predicted molar refractivity (Wildman–Crippen MR) is 91.0 cm³/mol. The third-order valence-electron chi connectivity index (χ3n) is 5.23. The van der Waals surface area contributed by atoms with Crippen LogP contribution in [0.2, 0.25) is 0 Å². The van der Waals surface area contributed by atoms with E-state index < -0.39 is 34.2 Å². The summed E-state index contributed by atoms with van der Waals surface area (Å²) in [6.45, 7) is -0.534. The zero-order valence-electron chi connectivity index (χ0n) is 14.3. The Bertz CT molecular complexity index is 795. The van der Waals surface area contributed by atoms with Crippen LogP contribution in [0.5, 0.6) is 0 Å². The van der Waals surface area contributed by atoms with Gasteiger partial charge < -0.3 is 5.32 Å². The number of hydrogen-bond acceptors (Lipinski definition) is 3. The molecule has 0 unspecified atom stereocenters. The highest BCUT2D eigenvalue weighted by Crippen LogP contribution is 2.44. The highest BCUT2D eigenvalue weighted by Gasteiger charge is 2.40. The number of fused-ring (bicyclic) bond motifs is 2. The fourth-order valence-electron chi connectivity index (χ4n) is 4.04. The number of carbonyl (C=O) groups excluding carboxylic acids is 1. The number of sulfonamides is 1. The average molecular weight is 390 g/mol. The number of halogens is 3. The SMILES string of the molecule is CS(=O)(=O)N(CC(=O)N[C@@H]1C[C@H]2CC[C@@H]1C2)c1cccc(C(F)(F)F)c1. The van der Waals surface area contributed by atoms with Crippen LogP contribution in [0, 0.1) is 11.8 Å². The van der Waals surface area contributed by atoms with Gasteiger partial charge in [-0.1, -0.05) is 12.5 Å². The van der Waals surface area contributed by atoms with Gasteiger partial charge in [0.25, 0.3) is 0 Å². The second-order valence-electron chi connectivity index (χ2n) is 7.17. The van der Waals surface area contributed by atoms with E-state index in [1.54, 1.807) is 0 Å². The molecule has 1 aromatic carbocycles. The number of hydrogen-bond donors (Lipinski definition) is 1. The number of amides is 1. The number of carbonyl (C=O) groups is 1. The van der Waals surface area contributed by atoms with Gasteiger partial charge in [-0.2, -0.15) is 13.2 Å². The fraction of sp³-hybridized carbons (Fsp3) is 0.588. The molecule has 0 spiro atoms. The largest absolute Gasteiger partial charge is 0.416 e. The molecule has 3 atom stereocenters. The summed E-state index contributed by atoms with van der Waals surface area (Å²) in [5.41, 5.74) is -1.14. The Kier molecular flexibility index (Phi) is 4.94. The number of nitrogens with one attached hydrogen (secondary N) is 1. The van der Waals surface area contributed by atoms with Crippen LogP contribution in [0.15, 0.2) is 24.3 Å². The van der Waals surface area contributed by atoms with Gasteiger partial charge in [0.2, 0.25) is 15.9 Å². The third kappa shape index (κ3) is 4.13.